The Labute approximate surface area is 247 Å². The summed E-state index contributed by atoms with van der Waals surface area (Å²) in [6.45, 7) is 0. The van der Waals surface area contributed by atoms with Gasteiger partial charge in [-0.2, -0.15) is 14.2 Å². The van der Waals surface area contributed by atoms with E-state index in [0.29, 0.717) is 13.9 Å². The van der Waals surface area contributed by atoms with Crippen LogP contribution in [0.25, 0.3) is 0 Å². The van der Waals surface area contributed by atoms with E-state index >= 15 is 0 Å². The van der Waals surface area contributed by atoms with Crippen LogP contribution in [0.4, 0.5) is 0 Å². The summed E-state index contributed by atoms with van der Waals surface area (Å²) < 4.78 is 23.1. The van der Waals surface area contributed by atoms with Crippen LogP contribution in [0.2, 0.25) is 0 Å². The Morgan fingerprint density at radius 1 is 0.576 bits per heavy atom. The maximum atomic E-state index is 9.56. The second-order valence-corrected chi connectivity index (χ2v) is 9.85. The van der Waals surface area contributed by atoms with Crippen molar-refractivity contribution in [2.24, 2.45) is 0 Å². The van der Waals surface area contributed by atoms with Crippen LogP contribution in [0.15, 0.2) is 73.2 Å². The summed E-state index contributed by atoms with van der Waals surface area (Å²) >= 11 is 14.0. The van der Waals surface area contributed by atoms with Gasteiger partial charge in [-0.3, -0.25) is 8.42 Å². The van der Waals surface area contributed by atoms with Gasteiger partial charge in [-0.15, -0.1) is 0 Å². The minimum absolute atomic E-state index is 0. The van der Waals surface area contributed by atoms with Gasteiger partial charge in [0.25, 0.3) is 0 Å². The Kier molecular flexibility index (Phi) is 25.5. The van der Waals surface area contributed by atoms with Crippen LogP contribution in [-0.2, 0) is 21.6 Å². The van der Waals surface area contributed by atoms with E-state index in [2.05, 4.69) is 36.7 Å². The first-order chi connectivity index (χ1) is 14.9. The third-order valence-corrected chi connectivity index (χ3v) is 3.38. The first-order valence-corrected chi connectivity index (χ1v) is 13.6. The van der Waals surface area contributed by atoms with Crippen molar-refractivity contribution in [2.75, 3.05) is 25.0 Å². The normalized spacial score (nSPS) is 8.67. The molecule has 3 aromatic heterocycles. The zero-order chi connectivity index (χ0) is 25.1. The number of nitrogens with zero attached hydrogens (tertiary/aromatic N) is 3. The summed E-state index contributed by atoms with van der Waals surface area (Å²) in [6.07, 6.45) is 11.0. The fraction of sp³-hybridized carbons (Fsp3) is 0.211. The molecule has 0 aliphatic heterocycles. The molecule has 3 heterocycles. The molecule has 0 radical (unpaired) electrons. The predicted molar refractivity (Wildman–Crippen MR) is 137 cm³/mol. The third kappa shape index (κ3) is 25.6. The first-order valence-electron chi connectivity index (χ1n) is 8.49. The summed E-state index contributed by atoms with van der Waals surface area (Å²) in [5.74, 6) is 0. The van der Waals surface area contributed by atoms with E-state index in [1.807, 2.05) is 0 Å². The zero-order valence-electron chi connectivity index (χ0n) is 18.5. The van der Waals surface area contributed by atoms with Crippen LogP contribution in [0.5, 0.6) is 0 Å². The molecule has 8 nitrogen and oxygen atoms in total. The van der Waals surface area contributed by atoms with Crippen molar-refractivity contribution in [3.63, 3.8) is 0 Å². The van der Waals surface area contributed by atoms with Crippen molar-refractivity contribution in [3.05, 3.63) is 87.1 Å². The van der Waals surface area contributed by atoms with Gasteiger partial charge in [-0.05, 0) is 36.4 Å². The van der Waals surface area contributed by atoms with Crippen molar-refractivity contribution in [2.45, 2.75) is 0 Å². The van der Waals surface area contributed by atoms with Gasteiger partial charge in [-0.25, -0.2) is 0 Å². The SMILES string of the molecule is CS(C)=O.CS(C)=O.On1ccccc1=S.On1ccccc1=S.On1ccccc1=S.[Pr+3]. The van der Waals surface area contributed by atoms with Gasteiger partial charge in [0, 0.05) is 65.2 Å². The van der Waals surface area contributed by atoms with Gasteiger partial charge in [0.1, 0.15) is 13.9 Å². The Morgan fingerprint density at radius 3 is 0.848 bits per heavy atom. The van der Waals surface area contributed by atoms with Crippen molar-refractivity contribution in [1.29, 1.82) is 0 Å². The van der Waals surface area contributed by atoms with E-state index in [4.69, 9.17) is 15.6 Å². The maximum absolute atomic E-state index is 9.56. The minimum Gasteiger partial charge on any atom is -0.428 e. The average Bonchev–Trinajstić information content (AvgIpc) is 2.69. The number of pyridine rings is 3. The van der Waals surface area contributed by atoms with Crippen molar-refractivity contribution in [3.8, 4) is 0 Å². The van der Waals surface area contributed by atoms with E-state index < -0.39 is 21.6 Å². The van der Waals surface area contributed by atoms with E-state index in [-0.39, 0.29) is 41.3 Å². The zero-order valence-corrected chi connectivity index (χ0v) is 26.3. The van der Waals surface area contributed by atoms with E-state index in [9.17, 15) is 8.42 Å². The summed E-state index contributed by atoms with van der Waals surface area (Å²) in [6, 6.07) is 15.4. The van der Waals surface area contributed by atoms with Crippen LogP contribution in [-0.4, -0.2) is 63.3 Å². The average molecular weight is 679 g/mol. The van der Waals surface area contributed by atoms with Gasteiger partial charge in [-0.1, -0.05) is 54.9 Å². The molecule has 0 bridgehead atoms. The van der Waals surface area contributed by atoms with Crippen LogP contribution >= 0.6 is 36.7 Å². The number of rotatable bonds is 0. The molecule has 14 heteroatoms. The molecule has 0 aliphatic rings. The molecule has 3 aromatic rings. The molecular weight excluding hydrogens is 651 g/mol. The molecule has 0 fully saturated rings. The molecule has 3 rings (SSSR count). The summed E-state index contributed by atoms with van der Waals surface area (Å²) in [4.78, 5) is 0. The second-order valence-electron chi connectivity index (χ2n) is 5.63. The smallest absolute Gasteiger partial charge is 0.428 e. The van der Waals surface area contributed by atoms with Gasteiger partial charge in [0.05, 0.1) is 0 Å². The topological polar surface area (TPSA) is 110 Å². The van der Waals surface area contributed by atoms with Crippen molar-refractivity contribution < 1.29 is 65.3 Å². The Balaban J connectivity index is -0.000000350. The van der Waals surface area contributed by atoms with Crippen molar-refractivity contribution in [1.82, 2.24) is 14.2 Å². The van der Waals surface area contributed by atoms with Crippen LogP contribution in [0.1, 0.15) is 0 Å². The fourth-order valence-electron chi connectivity index (χ4n) is 1.26. The predicted octanol–water partition coefficient (Wildman–Crippen LogP) is 4.35. The molecule has 0 unspecified atom stereocenters. The second kappa shape index (κ2) is 22.9. The summed E-state index contributed by atoms with van der Waals surface area (Å²) in [7, 11) is -1.22. The van der Waals surface area contributed by atoms with Gasteiger partial charge >= 0.3 is 41.3 Å². The Hall–Kier alpha value is -0.826. The van der Waals surface area contributed by atoms with E-state index in [1.54, 1.807) is 79.6 Å². The molecule has 33 heavy (non-hydrogen) atoms. The minimum atomic E-state index is -0.611. The fourth-order valence-corrected chi connectivity index (χ4v) is 1.68. The number of hydrogen-bond donors (Lipinski definition) is 3. The Bertz CT molecular complexity index is 992. The molecule has 0 aliphatic carbocycles. The molecule has 0 atom stereocenters. The molecule has 0 amide bonds. The molecule has 0 saturated heterocycles. The van der Waals surface area contributed by atoms with Crippen LogP contribution < -0.4 is 0 Å². The maximum Gasteiger partial charge on any atom is 3.00 e. The van der Waals surface area contributed by atoms with E-state index in [0.717, 1.165) is 14.2 Å². The summed E-state index contributed by atoms with van der Waals surface area (Å²) in [5, 5.41) is 26.2. The third-order valence-electron chi connectivity index (χ3n) is 2.41. The number of hydrogen-bond acceptors (Lipinski definition) is 8. The van der Waals surface area contributed by atoms with Crippen molar-refractivity contribution >= 4 is 58.3 Å². The Morgan fingerprint density at radius 2 is 0.758 bits per heavy atom. The quantitative estimate of drug-likeness (QED) is 0.238. The molecule has 0 saturated carbocycles. The van der Waals surface area contributed by atoms with Crippen LogP contribution in [0.3, 0.4) is 0 Å². The van der Waals surface area contributed by atoms with Gasteiger partial charge < -0.3 is 15.6 Å². The molecular formula is C19H27N3O5PrS5+3. The largest absolute Gasteiger partial charge is 3.00 e. The van der Waals surface area contributed by atoms with Gasteiger partial charge in [0.15, 0.2) is 0 Å². The molecule has 178 valence electrons. The molecule has 0 aromatic carbocycles. The first kappa shape index (κ1) is 36.7. The standard InChI is InChI=1S/3C5H5NOS.2C2H6OS.Pr/c3*7-6-4-2-1-3-5(6)8;2*1-4(2)3;/h3*1-4,7H;2*1-2H3;/q;;;;;+3. The van der Waals surface area contributed by atoms with Gasteiger partial charge in [0.2, 0.25) is 0 Å². The summed E-state index contributed by atoms with van der Waals surface area (Å²) in [5.41, 5.74) is 0. The van der Waals surface area contributed by atoms with Crippen LogP contribution in [0, 0.1) is 55.2 Å². The number of aromatic nitrogens is 3. The molecule has 3 N–H and O–H groups in total. The molecule has 0 spiro atoms. The van der Waals surface area contributed by atoms with E-state index in [1.165, 1.54) is 18.6 Å². The monoisotopic (exact) mass is 678 g/mol.